The van der Waals surface area contributed by atoms with E-state index in [-0.39, 0.29) is 18.4 Å². The molecule has 0 radical (unpaired) electrons. The average Bonchev–Trinajstić information content (AvgIpc) is 2.84. The number of aromatic nitrogens is 1. The molecule has 0 aliphatic carbocycles. The Hall–Kier alpha value is -1.33. The van der Waals surface area contributed by atoms with E-state index < -0.39 is 5.82 Å². The largest absolute Gasteiger partial charge is 0.395 e. The van der Waals surface area contributed by atoms with Crippen molar-refractivity contribution in [2.45, 2.75) is 25.3 Å². The number of ketones is 1. The van der Waals surface area contributed by atoms with E-state index >= 15 is 0 Å². The second-order valence-corrected chi connectivity index (χ2v) is 4.55. The normalized spacial score (nSPS) is 20.2. The van der Waals surface area contributed by atoms with Crippen molar-refractivity contribution in [1.82, 2.24) is 9.88 Å². The van der Waals surface area contributed by atoms with E-state index in [1.54, 1.807) is 0 Å². The van der Waals surface area contributed by atoms with Gasteiger partial charge in [0.15, 0.2) is 5.78 Å². The lowest BCUT2D eigenvalue weighted by molar-refractivity contribution is 0.0941. The van der Waals surface area contributed by atoms with Crippen LogP contribution in [-0.2, 0) is 0 Å². The molecule has 18 heavy (non-hydrogen) atoms. The van der Waals surface area contributed by atoms with Crippen LogP contribution in [0.25, 0.3) is 0 Å². The Morgan fingerprint density at radius 3 is 3.06 bits per heavy atom. The number of nitrogens with zero attached hydrogens (tertiary/aromatic N) is 2. The van der Waals surface area contributed by atoms with Gasteiger partial charge >= 0.3 is 0 Å². The highest BCUT2D eigenvalue weighted by atomic mass is 19.1. The lowest BCUT2D eigenvalue weighted by atomic mass is 10.1. The minimum atomic E-state index is -0.438. The van der Waals surface area contributed by atoms with E-state index in [0.29, 0.717) is 18.7 Å². The zero-order valence-electron chi connectivity index (χ0n) is 10.2. The summed E-state index contributed by atoms with van der Waals surface area (Å²) in [4.78, 5) is 17.7. The van der Waals surface area contributed by atoms with Crippen molar-refractivity contribution in [3.05, 3.63) is 29.8 Å². The number of hydrogen-bond acceptors (Lipinski definition) is 4. The third kappa shape index (κ3) is 3.11. The highest BCUT2D eigenvalue weighted by Gasteiger charge is 2.24. The van der Waals surface area contributed by atoms with Crippen molar-refractivity contribution >= 4 is 5.78 Å². The molecule has 1 aromatic heterocycles. The Labute approximate surface area is 105 Å². The van der Waals surface area contributed by atoms with Gasteiger partial charge in [0.2, 0.25) is 0 Å². The number of Topliss-reactive ketones (excluding diaryl/α,β-unsaturated/α-hetero) is 1. The lowest BCUT2D eigenvalue weighted by Crippen LogP contribution is -2.34. The van der Waals surface area contributed by atoms with Crippen LogP contribution in [-0.4, -0.2) is 46.5 Å². The first kappa shape index (κ1) is 13.1. The molecule has 1 unspecified atom stereocenters. The minimum Gasteiger partial charge on any atom is -0.395 e. The number of rotatable bonds is 5. The Balaban J connectivity index is 1.86. The summed E-state index contributed by atoms with van der Waals surface area (Å²) >= 11 is 0. The van der Waals surface area contributed by atoms with E-state index in [9.17, 15) is 9.18 Å². The summed E-state index contributed by atoms with van der Waals surface area (Å²) in [5.74, 6) is -0.523. The molecule has 0 spiro atoms. The number of carbonyl (C=O) groups is 1. The van der Waals surface area contributed by atoms with Gasteiger partial charge in [0.1, 0.15) is 11.5 Å². The SMILES string of the molecule is O=C(CCN1CCCC1CO)c1ccc(F)cn1. The number of carbonyl (C=O) groups excluding carboxylic acids is 1. The van der Waals surface area contributed by atoms with Crippen LogP contribution < -0.4 is 0 Å². The van der Waals surface area contributed by atoms with Crippen molar-refractivity contribution in [2.75, 3.05) is 19.7 Å². The summed E-state index contributed by atoms with van der Waals surface area (Å²) in [5.41, 5.74) is 0.302. The highest BCUT2D eigenvalue weighted by molar-refractivity contribution is 5.94. The quantitative estimate of drug-likeness (QED) is 0.801. The van der Waals surface area contributed by atoms with Crippen LogP contribution in [0.15, 0.2) is 18.3 Å². The number of aliphatic hydroxyl groups is 1. The van der Waals surface area contributed by atoms with Crippen LogP contribution in [0.2, 0.25) is 0 Å². The number of likely N-dealkylation sites (tertiary alicyclic amines) is 1. The predicted octanol–water partition coefficient (Wildman–Crippen LogP) is 1.25. The van der Waals surface area contributed by atoms with E-state index in [4.69, 9.17) is 5.11 Å². The third-order valence-corrected chi connectivity index (χ3v) is 3.35. The molecule has 98 valence electrons. The number of hydrogen-bond donors (Lipinski definition) is 1. The maximum Gasteiger partial charge on any atom is 0.182 e. The zero-order valence-corrected chi connectivity index (χ0v) is 10.2. The number of aliphatic hydroxyl groups excluding tert-OH is 1. The van der Waals surface area contributed by atoms with Crippen LogP contribution >= 0.6 is 0 Å². The fourth-order valence-corrected chi connectivity index (χ4v) is 2.31. The van der Waals surface area contributed by atoms with Crippen LogP contribution in [0, 0.1) is 5.82 Å². The molecule has 1 fully saturated rings. The van der Waals surface area contributed by atoms with Gasteiger partial charge in [-0.2, -0.15) is 0 Å². The molecule has 0 aromatic carbocycles. The molecule has 2 heterocycles. The molecule has 0 amide bonds. The van der Waals surface area contributed by atoms with Crippen molar-refractivity contribution in [1.29, 1.82) is 0 Å². The Kier molecular flexibility index (Phi) is 4.38. The molecule has 1 saturated heterocycles. The van der Waals surface area contributed by atoms with Gasteiger partial charge in [0.05, 0.1) is 12.8 Å². The Morgan fingerprint density at radius 2 is 2.39 bits per heavy atom. The van der Waals surface area contributed by atoms with Crippen molar-refractivity contribution in [2.24, 2.45) is 0 Å². The first-order valence-corrected chi connectivity index (χ1v) is 6.20. The summed E-state index contributed by atoms with van der Waals surface area (Å²) in [7, 11) is 0. The van der Waals surface area contributed by atoms with Crippen LogP contribution in [0.5, 0.6) is 0 Å². The Bertz CT molecular complexity index is 408. The standard InChI is InChI=1S/C13H17FN2O2/c14-10-3-4-12(15-8-10)13(18)5-7-16-6-1-2-11(16)9-17/h3-4,8,11,17H,1-2,5-7,9H2. The van der Waals surface area contributed by atoms with Gasteiger partial charge in [-0.05, 0) is 31.5 Å². The predicted molar refractivity (Wildman–Crippen MR) is 64.8 cm³/mol. The summed E-state index contributed by atoms with van der Waals surface area (Å²) < 4.78 is 12.7. The molecular formula is C13H17FN2O2. The van der Waals surface area contributed by atoms with Gasteiger partial charge in [-0.3, -0.25) is 14.7 Å². The van der Waals surface area contributed by atoms with E-state index in [1.807, 2.05) is 0 Å². The van der Waals surface area contributed by atoms with Gasteiger partial charge in [0, 0.05) is 19.0 Å². The number of pyridine rings is 1. The molecule has 1 aliphatic rings. The van der Waals surface area contributed by atoms with Crippen LogP contribution in [0.3, 0.4) is 0 Å². The number of halogens is 1. The van der Waals surface area contributed by atoms with Crippen molar-refractivity contribution < 1.29 is 14.3 Å². The van der Waals surface area contributed by atoms with Gasteiger partial charge in [0.25, 0.3) is 0 Å². The maximum atomic E-state index is 12.7. The van der Waals surface area contributed by atoms with Gasteiger partial charge in [-0.15, -0.1) is 0 Å². The second kappa shape index (κ2) is 6.02. The van der Waals surface area contributed by atoms with Crippen LogP contribution in [0.4, 0.5) is 4.39 Å². The summed E-state index contributed by atoms with van der Waals surface area (Å²) in [6.45, 7) is 1.70. The fourth-order valence-electron chi connectivity index (χ4n) is 2.31. The monoisotopic (exact) mass is 252 g/mol. The first-order chi connectivity index (χ1) is 8.70. The van der Waals surface area contributed by atoms with E-state index in [0.717, 1.165) is 25.6 Å². The molecule has 1 aromatic rings. The lowest BCUT2D eigenvalue weighted by Gasteiger charge is -2.21. The second-order valence-electron chi connectivity index (χ2n) is 4.55. The van der Waals surface area contributed by atoms with Crippen molar-refractivity contribution in [3.63, 3.8) is 0 Å². The molecule has 5 heteroatoms. The zero-order chi connectivity index (χ0) is 13.0. The molecule has 0 saturated carbocycles. The topological polar surface area (TPSA) is 53.4 Å². The van der Waals surface area contributed by atoms with Crippen molar-refractivity contribution in [3.8, 4) is 0 Å². The van der Waals surface area contributed by atoms with E-state index in [2.05, 4.69) is 9.88 Å². The van der Waals surface area contributed by atoms with Crippen LogP contribution in [0.1, 0.15) is 29.8 Å². The molecule has 1 atom stereocenters. The first-order valence-electron chi connectivity index (χ1n) is 6.20. The molecule has 1 aliphatic heterocycles. The maximum absolute atomic E-state index is 12.7. The average molecular weight is 252 g/mol. The summed E-state index contributed by atoms with van der Waals surface area (Å²) in [5, 5.41) is 9.17. The van der Waals surface area contributed by atoms with E-state index in [1.165, 1.54) is 12.1 Å². The summed E-state index contributed by atoms with van der Waals surface area (Å²) in [6, 6.07) is 2.83. The minimum absolute atomic E-state index is 0.0846. The molecule has 0 bridgehead atoms. The highest BCUT2D eigenvalue weighted by Crippen LogP contribution is 2.17. The molecule has 4 nitrogen and oxygen atoms in total. The smallest absolute Gasteiger partial charge is 0.182 e. The van der Waals surface area contributed by atoms with Gasteiger partial charge in [-0.25, -0.2) is 4.39 Å². The Morgan fingerprint density at radius 1 is 1.56 bits per heavy atom. The molecule has 2 rings (SSSR count). The molecular weight excluding hydrogens is 235 g/mol. The molecule has 1 N–H and O–H groups in total. The third-order valence-electron chi connectivity index (χ3n) is 3.35. The van der Waals surface area contributed by atoms with Gasteiger partial charge in [-0.1, -0.05) is 0 Å². The van der Waals surface area contributed by atoms with Gasteiger partial charge < -0.3 is 5.11 Å². The fraction of sp³-hybridized carbons (Fsp3) is 0.538. The summed E-state index contributed by atoms with van der Waals surface area (Å²) in [6.07, 6.45) is 3.46.